The van der Waals surface area contributed by atoms with Crippen molar-refractivity contribution in [3.8, 4) is 0 Å². The molecule has 0 bridgehead atoms. The van der Waals surface area contributed by atoms with E-state index >= 15 is 0 Å². The Labute approximate surface area is 147 Å². The van der Waals surface area contributed by atoms with E-state index < -0.39 is 31.6 Å². The molecule has 0 spiro atoms. The number of nitrogens with zero attached hydrogens (tertiary/aromatic N) is 1. The topological polar surface area (TPSA) is 121 Å². The molecule has 2 N–H and O–H groups in total. The van der Waals surface area contributed by atoms with Crippen molar-refractivity contribution in [1.29, 1.82) is 0 Å². The number of sulfonamides is 2. The minimum absolute atomic E-state index is 0.0253. The van der Waals surface area contributed by atoms with Gasteiger partial charge in [-0.3, -0.25) is 4.79 Å². The monoisotopic (exact) mass is 390 g/mol. The van der Waals surface area contributed by atoms with Gasteiger partial charge in [0.2, 0.25) is 20.0 Å². The largest absolute Gasteiger partial charge is 0.480 e. The van der Waals surface area contributed by atoms with Gasteiger partial charge in [0.25, 0.3) is 0 Å². The van der Waals surface area contributed by atoms with Crippen LogP contribution in [0.1, 0.15) is 31.7 Å². The van der Waals surface area contributed by atoms with Crippen LogP contribution in [-0.2, 0) is 31.4 Å². The summed E-state index contributed by atoms with van der Waals surface area (Å²) in [7, 11) is -6.01. The molecular weight excluding hydrogens is 368 g/mol. The molecule has 0 aliphatic heterocycles. The van der Waals surface area contributed by atoms with E-state index in [0.29, 0.717) is 12.0 Å². The maximum atomic E-state index is 12.6. The first-order chi connectivity index (χ1) is 11.5. The molecule has 25 heavy (non-hydrogen) atoms. The summed E-state index contributed by atoms with van der Waals surface area (Å²) < 4.78 is 51.8. The van der Waals surface area contributed by atoms with Gasteiger partial charge in [-0.25, -0.2) is 21.6 Å². The minimum Gasteiger partial charge on any atom is -0.480 e. The molecule has 1 aromatic rings. The normalized spacial score (nSPS) is 16.8. The van der Waals surface area contributed by atoms with Crippen molar-refractivity contribution in [2.75, 3.05) is 12.8 Å². The van der Waals surface area contributed by atoms with Crippen molar-refractivity contribution < 1.29 is 26.7 Å². The van der Waals surface area contributed by atoms with Gasteiger partial charge in [-0.15, -0.1) is 0 Å². The van der Waals surface area contributed by atoms with Crippen molar-refractivity contribution in [2.45, 2.75) is 43.2 Å². The highest BCUT2D eigenvalue weighted by Crippen LogP contribution is 2.43. The van der Waals surface area contributed by atoms with Crippen molar-refractivity contribution in [3.05, 3.63) is 29.8 Å². The van der Waals surface area contributed by atoms with E-state index in [-0.39, 0.29) is 30.0 Å². The van der Waals surface area contributed by atoms with Gasteiger partial charge in [0.15, 0.2) is 0 Å². The Morgan fingerprint density at radius 1 is 1.20 bits per heavy atom. The van der Waals surface area contributed by atoms with Crippen LogP contribution < -0.4 is 4.72 Å². The molecule has 0 aromatic heterocycles. The molecule has 0 radical (unpaired) electrons. The minimum atomic E-state index is -3.93. The first kappa shape index (κ1) is 19.8. The number of rotatable bonds is 9. The van der Waals surface area contributed by atoms with Crippen LogP contribution in [0.15, 0.2) is 29.2 Å². The summed E-state index contributed by atoms with van der Waals surface area (Å²) >= 11 is 0. The van der Waals surface area contributed by atoms with Gasteiger partial charge in [0.05, 0.1) is 10.6 Å². The van der Waals surface area contributed by atoms with Crippen LogP contribution >= 0.6 is 0 Å². The van der Waals surface area contributed by atoms with Gasteiger partial charge >= 0.3 is 5.97 Å². The molecule has 1 aliphatic carbocycles. The third-order valence-electron chi connectivity index (χ3n) is 4.28. The summed E-state index contributed by atoms with van der Waals surface area (Å²) in [6.45, 7) is 1.83. The summed E-state index contributed by atoms with van der Waals surface area (Å²) in [4.78, 5) is 11.3. The Morgan fingerprint density at radius 2 is 1.76 bits per heavy atom. The van der Waals surface area contributed by atoms with Crippen LogP contribution in [0.5, 0.6) is 0 Å². The predicted octanol–water partition coefficient (Wildman–Crippen LogP) is 0.754. The van der Waals surface area contributed by atoms with Crippen LogP contribution in [0.4, 0.5) is 0 Å². The van der Waals surface area contributed by atoms with E-state index in [2.05, 4.69) is 4.72 Å². The molecule has 0 amide bonds. The molecular formula is C15H22N2O6S2. The lowest BCUT2D eigenvalue weighted by Crippen LogP contribution is -2.44. The molecule has 0 unspecified atom stereocenters. The zero-order valence-electron chi connectivity index (χ0n) is 14.1. The molecule has 1 aliphatic rings. The molecule has 2 rings (SSSR count). The summed E-state index contributed by atoms with van der Waals surface area (Å²) in [5, 5.41) is 9.25. The summed E-state index contributed by atoms with van der Waals surface area (Å²) in [6.07, 6.45) is 1.08. The fraction of sp³-hybridized carbons (Fsp3) is 0.533. The zero-order chi connectivity index (χ0) is 18.9. The summed E-state index contributed by atoms with van der Waals surface area (Å²) in [5.74, 6) is -1.12. The quantitative estimate of drug-likeness (QED) is 0.642. The molecule has 1 saturated carbocycles. The Hall–Kier alpha value is -1.49. The predicted molar refractivity (Wildman–Crippen MR) is 91.9 cm³/mol. The Bertz CT molecular complexity index is 843. The fourth-order valence-corrected chi connectivity index (χ4v) is 5.07. The van der Waals surface area contributed by atoms with Crippen LogP contribution in [-0.4, -0.2) is 50.6 Å². The first-order valence-corrected chi connectivity index (χ1v) is 10.9. The van der Waals surface area contributed by atoms with Gasteiger partial charge in [-0.1, -0.05) is 19.1 Å². The SMILES string of the molecule is CCCS(=O)(=O)NCc1ccc(S(=O)(=O)N(C)C2(C(=O)O)CC2)cc1. The third kappa shape index (κ3) is 4.20. The van der Waals surface area contributed by atoms with Gasteiger partial charge in [0.1, 0.15) is 5.54 Å². The second kappa shape index (κ2) is 7.02. The molecule has 0 heterocycles. The van der Waals surface area contributed by atoms with Crippen molar-refractivity contribution in [2.24, 2.45) is 0 Å². The van der Waals surface area contributed by atoms with Crippen molar-refractivity contribution in [1.82, 2.24) is 9.03 Å². The Morgan fingerprint density at radius 3 is 2.20 bits per heavy atom. The number of carbonyl (C=O) groups is 1. The molecule has 8 nitrogen and oxygen atoms in total. The lowest BCUT2D eigenvalue weighted by molar-refractivity contribution is -0.142. The van der Waals surface area contributed by atoms with E-state index in [0.717, 1.165) is 4.31 Å². The molecule has 0 atom stereocenters. The number of hydrogen-bond acceptors (Lipinski definition) is 5. The number of hydrogen-bond donors (Lipinski definition) is 2. The Kier molecular flexibility index (Phi) is 5.57. The van der Waals surface area contributed by atoms with Crippen LogP contribution in [0.2, 0.25) is 0 Å². The standard InChI is InChI=1S/C15H22N2O6S2/c1-3-10-24(20,21)16-11-12-4-6-13(7-5-12)25(22,23)17(2)15(8-9-15)14(18)19/h4-7,16H,3,8-11H2,1-2H3,(H,18,19). The van der Waals surface area contributed by atoms with Crippen LogP contribution in [0.3, 0.4) is 0 Å². The maximum absolute atomic E-state index is 12.6. The number of likely N-dealkylation sites (N-methyl/N-ethyl adjacent to an activating group) is 1. The highest BCUT2D eigenvalue weighted by atomic mass is 32.2. The number of nitrogens with one attached hydrogen (secondary N) is 1. The van der Waals surface area contributed by atoms with E-state index in [1.807, 2.05) is 0 Å². The number of carboxylic acids is 1. The maximum Gasteiger partial charge on any atom is 0.325 e. The van der Waals surface area contributed by atoms with Crippen molar-refractivity contribution >= 4 is 26.0 Å². The second-order valence-corrected chi connectivity index (χ2v) is 9.99. The average Bonchev–Trinajstić information content (AvgIpc) is 3.34. The summed E-state index contributed by atoms with van der Waals surface area (Å²) in [6, 6.07) is 5.73. The molecule has 1 aromatic carbocycles. The highest BCUT2D eigenvalue weighted by Gasteiger charge is 2.57. The van der Waals surface area contributed by atoms with Crippen LogP contribution in [0, 0.1) is 0 Å². The lowest BCUT2D eigenvalue weighted by Gasteiger charge is -2.23. The average molecular weight is 390 g/mol. The van der Waals surface area contributed by atoms with Crippen molar-refractivity contribution in [3.63, 3.8) is 0 Å². The van der Waals surface area contributed by atoms with Crippen LogP contribution in [0.25, 0.3) is 0 Å². The molecule has 0 saturated heterocycles. The van der Waals surface area contributed by atoms with Gasteiger partial charge in [-0.2, -0.15) is 4.31 Å². The molecule has 1 fully saturated rings. The Balaban J connectivity index is 2.13. The van der Waals surface area contributed by atoms with E-state index in [4.69, 9.17) is 0 Å². The lowest BCUT2D eigenvalue weighted by atomic mass is 10.2. The molecule has 140 valence electrons. The zero-order valence-corrected chi connectivity index (χ0v) is 15.7. The van der Waals surface area contributed by atoms with E-state index in [1.54, 1.807) is 6.92 Å². The van der Waals surface area contributed by atoms with Gasteiger partial charge in [-0.05, 0) is 37.0 Å². The summed E-state index contributed by atoms with van der Waals surface area (Å²) in [5.41, 5.74) is -0.742. The second-order valence-electron chi connectivity index (χ2n) is 6.09. The number of carboxylic acid groups (broad SMARTS) is 1. The van der Waals surface area contributed by atoms with Gasteiger partial charge in [0, 0.05) is 13.6 Å². The fourth-order valence-electron chi connectivity index (χ4n) is 2.48. The van der Waals surface area contributed by atoms with Gasteiger partial charge < -0.3 is 5.11 Å². The third-order valence-corrected chi connectivity index (χ3v) is 7.74. The number of benzene rings is 1. The van der Waals surface area contributed by atoms with E-state index in [1.165, 1.54) is 31.3 Å². The smallest absolute Gasteiger partial charge is 0.325 e. The highest BCUT2D eigenvalue weighted by molar-refractivity contribution is 7.89. The first-order valence-electron chi connectivity index (χ1n) is 7.84. The number of aliphatic carboxylic acids is 1. The van der Waals surface area contributed by atoms with E-state index in [9.17, 15) is 26.7 Å². The molecule has 10 heteroatoms.